The van der Waals surface area contributed by atoms with Gasteiger partial charge in [0.1, 0.15) is 5.75 Å². The largest absolute Gasteiger partial charge is 0.492 e. The van der Waals surface area contributed by atoms with Crippen molar-refractivity contribution >= 4 is 33.3 Å². The van der Waals surface area contributed by atoms with Gasteiger partial charge in [0.15, 0.2) is 5.78 Å². The lowest BCUT2D eigenvalue weighted by molar-refractivity contribution is -0.123. The molecule has 17 heavy (non-hydrogen) atoms. The normalized spacial score (nSPS) is 9.76. The number of carbonyl (C=O) groups is 2. The van der Waals surface area contributed by atoms with Crippen molar-refractivity contribution in [2.24, 2.45) is 0 Å². The number of anilines is 1. The molecule has 1 amide bonds. The van der Waals surface area contributed by atoms with E-state index in [0.29, 0.717) is 18.0 Å². The summed E-state index contributed by atoms with van der Waals surface area (Å²) < 4.78 is 5.36. The summed E-state index contributed by atoms with van der Waals surface area (Å²) in [5.74, 6) is 0.118. The number of amides is 1. The van der Waals surface area contributed by atoms with E-state index >= 15 is 0 Å². The van der Waals surface area contributed by atoms with Crippen LogP contribution in [0.15, 0.2) is 24.3 Å². The summed E-state index contributed by atoms with van der Waals surface area (Å²) in [6, 6.07) is 7.13. The Hall–Kier alpha value is -1.36. The molecule has 0 unspecified atom stereocenters. The van der Waals surface area contributed by atoms with Gasteiger partial charge in [-0.15, -0.1) is 0 Å². The lowest BCUT2D eigenvalue weighted by Crippen LogP contribution is -2.17. The molecule has 1 aromatic carbocycles. The molecule has 0 aliphatic rings. The molecule has 0 bridgehead atoms. The molecule has 1 rings (SSSR count). The average molecular weight is 300 g/mol. The van der Waals surface area contributed by atoms with Crippen LogP contribution >= 0.6 is 15.9 Å². The lowest BCUT2D eigenvalue weighted by atomic mass is 10.2. The molecule has 0 aromatic heterocycles. The molecule has 5 heteroatoms. The predicted molar refractivity (Wildman–Crippen MR) is 69.7 cm³/mol. The van der Waals surface area contributed by atoms with Crippen LogP contribution in [0.4, 0.5) is 5.69 Å². The number of ketones is 1. The molecule has 0 fully saturated rings. The fraction of sp³-hybridized carbons (Fsp3) is 0.333. The van der Waals surface area contributed by atoms with Gasteiger partial charge in [-0.2, -0.15) is 0 Å². The molecule has 1 aromatic rings. The number of Topliss-reactive ketones (excluding diaryl/α,β-unsaturated/α-hetero) is 1. The van der Waals surface area contributed by atoms with E-state index in [1.807, 2.05) is 13.0 Å². The molecular weight excluding hydrogens is 286 g/mol. The van der Waals surface area contributed by atoms with Crippen LogP contribution in [0.2, 0.25) is 0 Å². The number of nitrogens with one attached hydrogen (secondary N) is 1. The summed E-state index contributed by atoms with van der Waals surface area (Å²) in [5, 5.41) is 2.84. The van der Waals surface area contributed by atoms with Crippen molar-refractivity contribution in [3.05, 3.63) is 24.3 Å². The van der Waals surface area contributed by atoms with E-state index < -0.39 is 0 Å². The molecule has 0 aliphatic heterocycles. The van der Waals surface area contributed by atoms with Gasteiger partial charge in [-0.1, -0.05) is 28.1 Å². The monoisotopic (exact) mass is 299 g/mol. The third-order valence-electron chi connectivity index (χ3n) is 1.97. The highest BCUT2D eigenvalue weighted by Crippen LogP contribution is 2.23. The standard InChI is InChI=1S/C12H14BrNO3/c1-2-17-11-6-4-3-5-10(11)14-12(16)7-9(15)8-13/h3-6H,2,7-8H2,1H3,(H,14,16). The smallest absolute Gasteiger partial charge is 0.231 e. The SMILES string of the molecule is CCOc1ccccc1NC(=O)CC(=O)CBr. The zero-order chi connectivity index (χ0) is 12.7. The third-order valence-corrected chi connectivity index (χ3v) is 2.59. The van der Waals surface area contributed by atoms with Gasteiger partial charge in [-0.25, -0.2) is 0 Å². The maximum atomic E-state index is 11.5. The van der Waals surface area contributed by atoms with E-state index in [9.17, 15) is 9.59 Å². The number of ether oxygens (including phenoxy) is 1. The minimum atomic E-state index is -0.332. The summed E-state index contributed by atoms with van der Waals surface area (Å²) in [5.41, 5.74) is 0.585. The number of hydrogen-bond donors (Lipinski definition) is 1. The maximum Gasteiger partial charge on any atom is 0.231 e. The first-order chi connectivity index (χ1) is 8.17. The van der Waals surface area contributed by atoms with Crippen LogP contribution in [0.5, 0.6) is 5.75 Å². The molecular formula is C12H14BrNO3. The van der Waals surface area contributed by atoms with Crippen molar-refractivity contribution in [2.75, 3.05) is 17.3 Å². The van der Waals surface area contributed by atoms with Crippen LogP contribution in [0, 0.1) is 0 Å². The summed E-state index contributed by atoms with van der Waals surface area (Å²) in [4.78, 5) is 22.6. The summed E-state index contributed by atoms with van der Waals surface area (Å²) in [6.07, 6.45) is -0.133. The Balaban J connectivity index is 2.67. The number of hydrogen-bond acceptors (Lipinski definition) is 3. The fourth-order valence-electron chi connectivity index (χ4n) is 1.27. The van der Waals surface area contributed by atoms with Gasteiger partial charge in [0.2, 0.25) is 5.91 Å². The highest BCUT2D eigenvalue weighted by atomic mass is 79.9. The highest BCUT2D eigenvalue weighted by Gasteiger charge is 2.10. The summed E-state index contributed by atoms with van der Waals surface area (Å²) in [6.45, 7) is 2.39. The topological polar surface area (TPSA) is 55.4 Å². The van der Waals surface area contributed by atoms with Gasteiger partial charge in [-0.05, 0) is 19.1 Å². The molecule has 4 nitrogen and oxygen atoms in total. The zero-order valence-corrected chi connectivity index (χ0v) is 11.1. The van der Waals surface area contributed by atoms with Gasteiger partial charge < -0.3 is 10.1 Å². The molecule has 0 heterocycles. The van der Waals surface area contributed by atoms with Crippen molar-refractivity contribution in [3.63, 3.8) is 0 Å². The van der Waals surface area contributed by atoms with Crippen molar-refractivity contribution in [1.29, 1.82) is 0 Å². The molecule has 0 aliphatic carbocycles. The summed E-state index contributed by atoms with van der Waals surface area (Å²) >= 11 is 3.01. The van der Waals surface area contributed by atoms with E-state index in [0.717, 1.165) is 0 Å². The first-order valence-electron chi connectivity index (χ1n) is 5.26. The van der Waals surface area contributed by atoms with E-state index in [-0.39, 0.29) is 23.4 Å². The number of benzene rings is 1. The Labute approximate surface area is 108 Å². The van der Waals surface area contributed by atoms with Crippen LogP contribution in [0.25, 0.3) is 0 Å². The van der Waals surface area contributed by atoms with Gasteiger partial charge in [-0.3, -0.25) is 9.59 Å². The second-order valence-electron chi connectivity index (χ2n) is 3.33. The molecule has 0 radical (unpaired) electrons. The van der Waals surface area contributed by atoms with E-state index in [1.165, 1.54) is 0 Å². The first kappa shape index (κ1) is 13.7. The van der Waals surface area contributed by atoms with E-state index in [1.54, 1.807) is 18.2 Å². The summed E-state index contributed by atoms with van der Waals surface area (Å²) in [7, 11) is 0. The fourth-order valence-corrected chi connectivity index (χ4v) is 1.47. The number of alkyl halides is 1. The van der Waals surface area contributed by atoms with Crippen molar-refractivity contribution in [1.82, 2.24) is 0 Å². The zero-order valence-electron chi connectivity index (χ0n) is 9.53. The molecule has 1 N–H and O–H groups in total. The van der Waals surface area contributed by atoms with Gasteiger partial charge in [0.05, 0.1) is 24.0 Å². The number of rotatable bonds is 6. The third kappa shape index (κ3) is 4.56. The van der Waals surface area contributed by atoms with Crippen LogP contribution in [0.1, 0.15) is 13.3 Å². The van der Waals surface area contributed by atoms with E-state index in [2.05, 4.69) is 21.2 Å². The van der Waals surface area contributed by atoms with Crippen molar-refractivity contribution < 1.29 is 14.3 Å². The van der Waals surface area contributed by atoms with Crippen molar-refractivity contribution in [2.45, 2.75) is 13.3 Å². The van der Waals surface area contributed by atoms with Crippen LogP contribution in [-0.4, -0.2) is 23.6 Å². The minimum absolute atomic E-state index is 0.133. The Morgan fingerprint density at radius 2 is 2.06 bits per heavy atom. The first-order valence-corrected chi connectivity index (χ1v) is 6.38. The maximum absolute atomic E-state index is 11.5. The Kier molecular flexibility index (Phi) is 5.69. The van der Waals surface area contributed by atoms with Crippen molar-refractivity contribution in [3.8, 4) is 5.75 Å². The predicted octanol–water partition coefficient (Wildman–Crippen LogP) is 2.38. The molecule has 0 atom stereocenters. The van der Waals surface area contributed by atoms with Crippen LogP contribution in [0.3, 0.4) is 0 Å². The average Bonchev–Trinajstić information content (AvgIpc) is 2.31. The second kappa shape index (κ2) is 7.06. The molecule has 0 spiro atoms. The Bertz CT molecular complexity index is 406. The highest BCUT2D eigenvalue weighted by molar-refractivity contribution is 9.09. The molecule has 92 valence electrons. The molecule has 0 saturated heterocycles. The number of halogens is 1. The minimum Gasteiger partial charge on any atom is -0.492 e. The Morgan fingerprint density at radius 1 is 1.35 bits per heavy atom. The van der Waals surface area contributed by atoms with Crippen LogP contribution in [-0.2, 0) is 9.59 Å². The Morgan fingerprint density at radius 3 is 2.71 bits per heavy atom. The van der Waals surface area contributed by atoms with Gasteiger partial charge in [0, 0.05) is 0 Å². The van der Waals surface area contributed by atoms with Gasteiger partial charge >= 0.3 is 0 Å². The van der Waals surface area contributed by atoms with Gasteiger partial charge in [0.25, 0.3) is 0 Å². The molecule has 0 saturated carbocycles. The van der Waals surface area contributed by atoms with Crippen LogP contribution < -0.4 is 10.1 Å². The van der Waals surface area contributed by atoms with E-state index in [4.69, 9.17) is 4.74 Å². The quantitative estimate of drug-likeness (QED) is 0.648. The second-order valence-corrected chi connectivity index (χ2v) is 3.89. The number of carbonyl (C=O) groups excluding carboxylic acids is 2. The number of para-hydroxylation sites is 2. The lowest BCUT2D eigenvalue weighted by Gasteiger charge is -2.10.